The van der Waals surface area contributed by atoms with Crippen molar-refractivity contribution in [2.75, 3.05) is 32.7 Å². The molecule has 7 heteroatoms. The molecule has 1 amide bonds. The zero-order chi connectivity index (χ0) is 16.5. The van der Waals surface area contributed by atoms with Gasteiger partial charge in [0, 0.05) is 31.5 Å². The summed E-state index contributed by atoms with van der Waals surface area (Å²) in [6.45, 7) is 6.15. The summed E-state index contributed by atoms with van der Waals surface area (Å²) in [7, 11) is 0. The lowest BCUT2D eigenvalue weighted by Crippen LogP contribution is -2.39. The van der Waals surface area contributed by atoms with Crippen LogP contribution in [0.4, 0.5) is 0 Å². The van der Waals surface area contributed by atoms with E-state index in [0.29, 0.717) is 30.7 Å². The van der Waals surface area contributed by atoms with E-state index in [0.717, 1.165) is 19.6 Å². The third-order valence-corrected chi connectivity index (χ3v) is 4.02. The molecule has 1 aromatic heterocycles. The fourth-order valence-corrected chi connectivity index (χ4v) is 2.74. The molecule has 1 aliphatic rings. The van der Waals surface area contributed by atoms with E-state index >= 15 is 0 Å². The van der Waals surface area contributed by atoms with Crippen molar-refractivity contribution >= 4 is 11.9 Å². The van der Waals surface area contributed by atoms with Crippen molar-refractivity contribution < 1.29 is 4.79 Å². The fraction of sp³-hybridized carbons (Fsp3) is 0.562. The number of likely N-dealkylation sites (N-methyl/N-ethyl adjacent to an activating group) is 1. The molecule has 2 heterocycles. The zero-order valence-corrected chi connectivity index (χ0v) is 13.7. The minimum atomic E-state index is -0.139. The first-order chi connectivity index (χ1) is 11.2. The molecule has 0 bridgehead atoms. The highest BCUT2D eigenvalue weighted by atomic mass is 16.1. The van der Waals surface area contributed by atoms with Gasteiger partial charge >= 0.3 is 0 Å². The Morgan fingerprint density at radius 3 is 3.04 bits per heavy atom. The van der Waals surface area contributed by atoms with Crippen LogP contribution in [0.2, 0.25) is 0 Å². The van der Waals surface area contributed by atoms with Crippen molar-refractivity contribution in [1.29, 1.82) is 0 Å². The van der Waals surface area contributed by atoms with Gasteiger partial charge in [0.05, 0.1) is 12.1 Å². The largest absolute Gasteiger partial charge is 0.370 e. The topological polar surface area (TPSA) is 95.6 Å². The summed E-state index contributed by atoms with van der Waals surface area (Å²) in [5, 5.41) is 5.83. The average molecular weight is 318 g/mol. The summed E-state index contributed by atoms with van der Waals surface area (Å²) in [4.78, 5) is 22.6. The van der Waals surface area contributed by atoms with Crippen LogP contribution in [0, 0.1) is 0 Å². The number of nitrogens with one attached hydrogen (secondary N) is 2. The Bertz CT molecular complexity index is 519. The summed E-state index contributed by atoms with van der Waals surface area (Å²) < 4.78 is 0. The molecule has 1 fully saturated rings. The van der Waals surface area contributed by atoms with Crippen LogP contribution in [0.25, 0.3) is 0 Å². The van der Waals surface area contributed by atoms with E-state index in [9.17, 15) is 4.79 Å². The van der Waals surface area contributed by atoms with Crippen LogP contribution < -0.4 is 16.4 Å². The normalized spacial score (nSPS) is 18.8. The second-order valence-electron chi connectivity index (χ2n) is 5.57. The summed E-state index contributed by atoms with van der Waals surface area (Å²) in [5.74, 6) is 0.295. The Morgan fingerprint density at radius 1 is 1.48 bits per heavy atom. The number of guanidine groups is 1. The number of carbonyl (C=O) groups is 1. The molecular weight excluding hydrogens is 292 g/mol. The van der Waals surface area contributed by atoms with Gasteiger partial charge < -0.3 is 16.4 Å². The quantitative estimate of drug-likeness (QED) is 0.379. The molecule has 1 aliphatic heterocycles. The van der Waals surface area contributed by atoms with Crippen LogP contribution in [0.1, 0.15) is 30.1 Å². The van der Waals surface area contributed by atoms with E-state index in [1.807, 2.05) is 0 Å². The van der Waals surface area contributed by atoms with Gasteiger partial charge in [-0.25, -0.2) is 0 Å². The minimum absolute atomic E-state index is 0.139. The molecule has 1 saturated heterocycles. The van der Waals surface area contributed by atoms with Crippen molar-refractivity contribution in [2.45, 2.75) is 25.8 Å². The van der Waals surface area contributed by atoms with Crippen LogP contribution in [0.5, 0.6) is 0 Å². The number of pyridine rings is 1. The van der Waals surface area contributed by atoms with E-state index in [2.05, 4.69) is 32.4 Å². The van der Waals surface area contributed by atoms with Gasteiger partial charge in [0.25, 0.3) is 5.91 Å². The first kappa shape index (κ1) is 17.2. The smallest absolute Gasteiger partial charge is 0.252 e. The van der Waals surface area contributed by atoms with Crippen molar-refractivity contribution in [3.8, 4) is 0 Å². The number of nitrogens with zero attached hydrogens (tertiary/aromatic N) is 3. The Hall–Kier alpha value is -2.15. The number of likely N-dealkylation sites (tertiary alicyclic amines) is 1. The van der Waals surface area contributed by atoms with Gasteiger partial charge in [0.15, 0.2) is 5.96 Å². The lowest BCUT2D eigenvalue weighted by molar-refractivity contribution is 0.0954. The van der Waals surface area contributed by atoms with E-state index in [1.54, 1.807) is 24.5 Å². The third-order valence-electron chi connectivity index (χ3n) is 4.02. The fourth-order valence-electron chi connectivity index (χ4n) is 2.74. The van der Waals surface area contributed by atoms with Gasteiger partial charge in [-0.15, -0.1) is 0 Å². The summed E-state index contributed by atoms with van der Waals surface area (Å²) in [5.41, 5.74) is 6.42. The number of hydrogen-bond donors (Lipinski definition) is 3. The SMILES string of the molecule is CCN1CCCC1CN=C(N)NCCNC(=O)c1cccnc1. The number of amides is 1. The summed E-state index contributed by atoms with van der Waals surface area (Å²) in [6, 6.07) is 3.97. The monoisotopic (exact) mass is 318 g/mol. The lowest BCUT2D eigenvalue weighted by atomic mass is 10.2. The first-order valence-corrected chi connectivity index (χ1v) is 8.16. The zero-order valence-electron chi connectivity index (χ0n) is 13.7. The van der Waals surface area contributed by atoms with Crippen molar-refractivity contribution in [3.05, 3.63) is 30.1 Å². The summed E-state index contributed by atoms with van der Waals surface area (Å²) in [6.07, 6.45) is 5.60. The second-order valence-corrected chi connectivity index (χ2v) is 5.57. The van der Waals surface area contributed by atoms with E-state index in [-0.39, 0.29) is 5.91 Å². The molecular formula is C16H26N6O. The van der Waals surface area contributed by atoms with E-state index < -0.39 is 0 Å². The van der Waals surface area contributed by atoms with Gasteiger partial charge in [0.1, 0.15) is 0 Å². The number of aliphatic imine (C=N–C) groups is 1. The molecule has 1 atom stereocenters. The number of rotatable bonds is 7. The Balaban J connectivity index is 1.63. The van der Waals surface area contributed by atoms with Crippen molar-refractivity contribution in [3.63, 3.8) is 0 Å². The van der Waals surface area contributed by atoms with Crippen LogP contribution in [-0.2, 0) is 0 Å². The van der Waals surface area contributed by atoms with Crippen molar-refractivity contribution in [2.24, 2.45) is 10.7 Å². The number of aromatic nitrogens is 1. The van der Waals surface area contributed by atoms with Gasteiger partial charge in [-0.2, -0.15) is 0 Å². The van der Waals surface area contributed by atoms with Gasteiger partial charge in [0.2, 0.25) is 0 Å². The Labute approximate surface area is 137 Å². The molecule has 0 aliphatic carbocycles. The van der Waals surface area contributed by atoms with Crippen molar-refractivity contribution in [1.82, 2.24) is 20.5 Å². The molecule has 4 N–H and O–H groups in total. The maximum Gasteiger partial charge on any atom is 0.252 e. The molecule has 0 saturated carbocycles. The van der Waals surface area contributed by atoms with Crippen LogP contribution >= 0.6 is 0 Å². The number of nitrogens with two attached hydrogens (primary N) is 1. The van der Waals surface area contributed by atoms with Gasteiger partial charge in [-0.05, 0) is 38.1 Å². The van der Waals surface area contributed by atoms with Crippen LogP contribution in [0.3, 0.4) is 0 Å². The minimum Gasteiger partial charge on any atom is -0.370 e. The number of hydrogen-bond acceptors (Lipinski definition) is 4. The highest BCUT2D eigenvalue weighted by molar-refractivity contribution is 5.93. The Morgan fingerprint density at radius 2 is 2.30 bits per heavy atom. The third kappa shape index (κ3) is 5.52. The molecule has 126 valence electrons. The van der Waals surface area contributed by atoms with Gasteiger partial charge in [-0.1, -0.05) is 6.92 Å². The molecule has 7 nitrogen and oxygen atoms in total. The molecule has 1 aromatic rings. The lowest BCUT2D eigenvalue weighted by Gasteiger charge is -2.20. The van der Waals surface area contributed by atoms with Crippen LogP contribution in [-0.4, -0.2) is 60.5 Å². The molecule has 0 radical (unpaired) electrons. The van der Waals surface area contributed by atoms with E-state index in [1.165, 1.54) is 12.8 Å². The molecule has 1 unspecified atom stereocenters. The molecule has 23 heavy (non-hydrogen) atoms. The summed E-state index contributed by atoms with van der Waals surface area (Å²) >= 11 is 0. The van der Waals surface area contributed by atoms with E-state index in [4.69, 9.17) is 5.73 Å². The highest BCUT2D eigenvalue weighted by Gasteiger charge is 2.22. The van der Waals surface area contributed by atoms with Gasteiger partial charge in [-0.3, -0.25) is 19.7 Å². The standard InChI is InChI=1S/C16H26N6O/c1-2-22-10-4-6-14(22)12-21-16(17)20-9-8-19-15(23)13-5-3-7-18-11-13/h3,5,7,11,14H,2,4,6,8-10,12H2,1H3,(H,19,23)(H3,17,20,21). The maximum absolute atomic E-state index is 11.8. The second kappa shape index (κ2) is 9.09. The molecule has 0 spiro atoms. The predicted molar refractivity (Wildman–Crippen MR) is 91.3 cm³/mol. The molecule has 0 aromatic carbocycles. The molecule has 2 rings (SSSR count). The highest BCUT2D eigenvalue weighted by Crippen LogP contribution is 2.16. The Kier molecular flexibility index (Phi) is 6.80. The predicted octanol–water partition coefficient (Wildman–Crippen LogP) is 0.200. The number of carbonyl (C=O) groups excluding carboxylic acids is 1. The maximum atomic E-state index is 11.8. The van der Waals surface area contributed by atoms with Crippen LogP contribution in [0.15, 0.2) is 29.5 Å². The average Bonchev–Trinajstić information content (AvgIpc) is 3.05. The first-order valence-electron chi connectivity index (χ1n) is 8.16.